The highest BCUT2D eigenvalue weighted by atomic mass is 35.5. The minimum absolute atomic E-state index is 0.0229. The Morgan fingerprint density at radius 1 is 1.25 bits per heavy atom. The number of nitroso groups, excluding NO2 is 1. The summed E-state index contributed by atoms with van der Waals surface area (Å²) in [6.07, 6.45) is 0.428. The van der Waals surface area contributed by atoms with E-state index in [0.29, 0.717) is 17.1 Å². The normalized spacial score (nSPS) is 11.7. The van der Waals surface area contributed by atoms with Gasteiger partial charge in [0.25, 0.3) is 0 Å². The van der Waals surface area contributed by atoms with Crippen LogP contribution in [0.15, 0.2) is 29.6 Å². The van der Waals surface area contributed by atoms with E-state index in [-0.39, 0.29) is 24.2 Å². The monoisotopic (exact) mass is 354 g/mol. The van der Waals surface area contributed by atoms with Crippen LogP contribution in [0.2, 0.25) is 0 Å². The number of aryl methyl sites for hydroxylation is 1. The van der Waals surface area contributed by atoms with E-state index in [1.165, 1.54) is 0 Å². The molecule has 0 saturated carbocycles. The van der Waals surface area contributed by atoms with Crippen LogP contribution in [0.3, 0.4) is 0 Å². The first-order valence-electron chi connectivity index (χ1n) is 7.72. The highest BCUT2D eigenvalue weighted by Gasteiger charge is 2.25. The van der Waals surface area contributed by atoms with Crippen LogP contribution < -0.4 is 10.6 Å². The molecule has 0 saturated heterocycles. The molecule has 1 atom stereocenters. The second-order valence-corrected chi connectivity index (χ2v) is 6.26. The molecule has 24 heavy (non-hydrogen) atoms. The molecule has 0 bridgehead atoms. The maximum absolute atomic E-state index is 12.5. The Balaban J connectivity index is 2.79. The molecule has 8 heteroatoms. The molecule has 0 radical (unpaired) electrons. The van der Waals surface area contributed by atoms with Crippen molar-refractivity contribution in [3.63, 3.8) is 0 Å². The quantitative estimate of drug-likeness (QED) is 0.426. The number of amides is 3. The minimum Gasteiger partial charge on any atom is -0.325 e. The minimum atomic E-state index is -0.779. The second kappa shape index (κ2) is 9.87. The van der Waals surface area contributed by atoms with Gasteiger partial charge in [-0.3, -0.25) is 4.79 Å². The maximum Gasteiger partial charge on any atom is 0.341 e. The molecule has 132 valence electrons. The van der Waals surface area contributed by atoms with Crippen molar-refractivity contribution < 1.29 is 9.59 Å². The maximum atomic E-state index is 12.5. The van der Waals surface area contributed by atoms with E-state index < -0.39 is 12.1 Å². The number of rotatable bonds is 8. The fourth-order valence-corrected chi connectivity index (χ4v) is 2.21. The van der Waals surface area contributed by atoms with Crippen LogP contribution >= 0.6 is 11.6 Å². The molecule has 1 unspecified atom stereocenters. The van der Waals surface area contributed by atoms with Gasteiger partial charge in [-0.1, -0.05) is 31.5 Å². The highest BCUT2D eigenvalue weighted by Crippen LogP contribution is 2.12. The Kier molecular flexibility index (Phi) is 8.18. The van der Waals surface area contributed by atoms with Crippen LogP contribution in [0.25, 0.3) is 0 Å². The number of carbonyl (C=O) groups is 2. The number of anilines is 1. The van der Waals surface area contributed by atoms with E-state index in [1.807, 2.05) is 32.9 Å². The molecule has 2 N–H and O–H groups in total. The Morgan fingerprint density at radius 3 is 2.38 bits per heavy atom. The van der Waals surface area contributed by atoms with Crippen molar-refractivity contribution in [1.29, 1.82) is 0 Å². The van der Waals surface area contributed by atoms with Crippen molar-refractivity contribution in [3.8, 4) is 0 Å². The SMILES string of the molecule is Cc1ccc(NC(=O)C(CC(C)C)NC(=O)N(CCCl)N=O)cc1. The average molecular weight is 355 g/mol. The van der Waals surface area contributed by atoms with Gasteiger partial charge in [0.15, 0.2) is 0 Å². The lowest BCUT2D eigenvalue weighted by molar-refractivity contribution is -0.118. The fourth-order valence-electron chi connectivity index (χ4n) is 2.05. The molecule has 0 aliphatic carbocycles. The fraction of sp³-hybridized carbons (Fsp3) is 0.500. The predicted octanol–water partition coefficient (Wildman–Crippen LogP) is 3.28. The predicted molar refractivity (Wildman–Crippen MR) is 94.8 cm³/mol. The van der Waals surface area contributed by atoms with Gasteiger partial charge < -0.3 is 10.6 Å². The van der Waals surface area contributed by atoms with E-state index in [2.05, 4.69) is 15.9 Å². The van der Waals surface area contributed by atoms with Crippen molar-refractivity contribution in [2.24, 2.45) is 11.2 Å². The third-order valence-electron chi connectivity index (χ3n) is 3.27. The van der Waals surface area contributed by atoms with Crippen molar-refractivity contribution in [2.45, 2.75) is 33.2 Å². The lowest BCUT2D eigenvalue weighted by atomic mass is 10.0. The van der Waals surface area contributed by atoms with Crippen LogP contribution in [0.4, 0.5) is 10.5 Å². The van der Waals surface area contributed by atoms with Crippen molar-refractivity contribution in [1.82, 2.24) is 10.3 Å². The Bertz CT molecular complexity index is 563. The molecule has 0 aliphatic rings. The number of benzene rings is 1. The molecule has 1 aromatic carbocycles. The zero-order valence-electron chi connectivity index (χ0n) is 14.1. The van der Waals surface area contributed by atoms with E-state index in [9.17, 15) is 14.5 Å². The Hall–Kier alpha value is -2.15. The van der Waals surface area contributed by atoms with Crippen molar-refractivity contribution in [3.05, 3.63) is 34.7 Å². The standard InChI is InChI=1S/C16H23ClN4O3/c1-11(2)10-14(19-16(23)21(20-24)9-8-17)15(22)18-13-6-4-12(3)5-7-13/h4-7,11,14H,8-10H2,1-3H3,(H,18,22)(H,19,23). The largest absolute Gasteiger partial charge is 0.341 e. The van der Waals surface area contributed by atoms with Gasteiger partial charge in [-0.2, -0.15) is 5.01 Å². The van der Waals surface area contributed by atoms with E-state index in [1.54, 1.807) is 12.1 Å². The number of nitrogens with one attached hydrogen (secondary N) is 2. The van der Waals surface area contributed by atoms with Gasteiger partial charge in [-0.25, -0.2) is 4.79 Å². The number of halogens is 1. The molecule has 3 amide bonds. The van der Waals surface area contributed by atoms with E-state index in [4.69, 9.17) is 11.6 Å². The smallest absolute Gasteiger partial charge is 0.325 e. The third kappa shape index (κ3) is 6.54. The van der Waals surface area contributed by atoms with Gasteiger partial charge >= 0.3 is 6.03 Å². The number of alkyl halides is 1. The first-order chi connectivity index (χ1) is 11.4. The van der Waals surface area contributed by atoms with Crippen LogP contribution in [0.1, 0.15) is 25.8 Å². The van der Waals surface area contributed by atoms with Gasteiger partial charge in [0.1, 0.15) is 6.04 Å². The summed E-state index contributed by atoms with van der Waals surface area (Å²) in [5.41, 5.74) is 1.72. The summed E-state index contributed by atoms with van der Waals surface area (Å²) in [7, 11) is 0. The molecule has 0 heterocycles. The summed E-state index contributed by atoms with van der Waals surface area (Å²) in [6.45, 7) is 5.80. The number of hydrogen-bond acceptors (Lipinski definition) is 4. The Labute approximate surface area is 146 Å². The van der Waals surface area contributed by atoms with Crippen molar-refractivity contribution >= 4 is 29.2 Å². The van der Waals surface area contributed by atoms with Gasteiger partial charge in [-0.15, -0.1) is 16.5 Å². The Morgan fingerprint density at radius 2 is 1.88 bits per heavy atom. The van der Waals surface area contributed by atoms with Crippen LogP contribution in [-0.2, 0) is 4.79 Å². The lowest BCUT2D eigenvalue weighted by Crippen LogP contribution is -2.49. The number of urea groups is 1. The summed E-state index contributed by atoms with van der Waals surface area (Å²) in [6, 6.07) is 5.81. The molecular formula is C16H23ClN4O3. The zero-order chi connectivity index (χ0) is 18.1. The summed E-state index contributed by atoms with van der Waals surface area (Å²) < 4.78 is 0. The molecular weight excluding hydrogens is 332 g/mol. The van der Waals surface area contributed by atoms with Crippen LogP contribution in [-0.4, -0.2) is 35.4 Å². The number of nitrogens with zero attached hydrogens (tertiary/aromatic N) is 2. The van der Waals surface area contributed by atoms with Crippen LogP contribution in [0.5, 0.6) is 0 Å². The summed E-state index contributed by atoms with van der Waals surface area (Å²) in [4.78, 5) is 35.2. The van der Waals surface area contributed by atoms with E-state index in [0.717, 1.165) is 5.56 Å². The molecule has 0 aromatic heterocycles. The van der Waals surface area contributed by atoms with Crippen LogP contribution in [0, 0.1) is 17.7 Å². The number of carbonyl (C=O) groups excluding carboxylic acids is 2. The summed E-state index contributed by atoms with van der Waals surface area (Å²) in [5, 5.41) is 8.58. The first kappa shape index (κ1) is 19.9. The molecule has 7 nitrogen and oxygen atoms in total. The number of hydrogen-bond donors (Lipinski definition) is 2. The van der Waals surface area contributed by atoms with Gasteiger partial charge in [0.05, 0.1) is 11.8 Å². The van der Waals surface area contributed by atoms with E-state index >= 15 is 0 Å². The molecule has 0 fully saturated rings. The van der Waals surface area contributed by atoms with Gasteiger partial charge in [-0.05, 0) is 31.4 Å². The molecule has 0 aliphatic heterocycles. The average Bonchev–Trinajstić information content (AvgIpc) is 2.53. The topological polar surface area (TPSA) is 90.9 Å². The molecule has 0 spiro atoms. The van der Waals surface area contributed by atoms with Gasteiger partial charge in [0, 0.05) is 11.6 Å². The lowest BCUT2D eigenvalue weighted by Gasteiger charge is -2.22. The third-order valence-corrected chi connectivity index (χ3v) is 3.44. The van der Waals surface area contributed by atoms with Gasteiger partial charge in [0.2, 0.25) is 5.91 Å². The summed E-state index contributed by atoms with van der Waals surface area (Å²) in [5.74, 6) is -0.105. The summed E-state index contributed by atoms with van der Waals surface area (Å²) >= 11 is 5.52. The van der Waals surface area contributed by atoms with Crippen molar-refractivity contribution in [2.75, 3.05) is 17.7 Å². The first-order valence-corrected chi connectivity index (χ1v) is 8.25. The highest BCUT2D eigenvalue weighted by molar-refractivity contribution is 6.18. The zero-order valence-corrected chi connectivity index (χ0v) is 14.8. The molecule has 1 rings (SSSR count). The second-order valence-electron chi connectivity index (χ2n) is 5.88. The molecule has 1 aromatic rings.